The van der Waals surface area contributed by atoms with Gasteiger partial charge in [-0.3, -0.25) is 4.79 Å². The largest absolute Gasteiger partial charge is 0.396 e. The van der Waals surface area contributed by atoms with Crippen molar-refractivity contribution >= 4 is 23.3 Å². The minimum Gasteiger partial charge on any atom is -0.396 e. The van der Waals surface area contributed by atoms with Gasteiger partial charge in [0.2, 0.25) is 5.91 Å². The molecule has 1 unspecified atom stereocenters. The van der Waals surface area contributed by atoms with Gasteiger partial charge in [0.1, 0.15) is 0 Å². The van der Waals surface area contributed by atoms with E-state index in [0.717, 1.165) is 16.3 Å². The van der Waals surface area contributed by atoms with Crippen LogP contribution < -0.4 is 5.32 Å². The number of aliphatic hydroxyl groups is 1. The van der Waals surface area contributed by atoms with Crippen molar-refractivity contribution in [2.24, 2.45) is 0 Å². The molecule has 1 aromatic rings. The van der Waals surface area contributed by atoms with Gasteiger partial charge in [0, 0.05) is 29.3 Å². The first kappa shape index (κ1) is 14.9. The molecule has 1 atom stereocenters. The molecule has 0 aromatic carbocycles. The van der Waals surface area contributed by atoms with Crippen LogP contribution in [0.15, 0.2) is 12.3 Å². The van der Waals surface area contributed by atoms with Crippen LogP contribution in [0.2, 0.25) is 0 Å². The SMILES string of the molecule is CCC(C)(CCO)NC(=O)/C=C/c1cnc(C)s1. The number of amides is 1. The van der Waals surface area contributed by atoms with Crippen molar-refractivity contribution in [3.63, 3.8) is 0 Å². The molecule has 0 fully saturated rings. The maximum atomic E-state index is 11.8. The second kappa shape index (κ2) is 6.66. The molecule has 5 heteroatoms. The Morgan fingerprint density at radius 3 is 2.89 bits per heavy atom. The molecule has 1 rings (SSSR count). The molecule has 0 bridgehead atoms. The Labute approximate surface area is 112 Å². The first-order valence-corrected chi connectivity index (χ1v) is 6.84. The normalized spacial score (nSPS) is 14.7. The van der Waals surface area contributed by atoms with Crippen LogP contribution >= 0.6 is 11.3 Å². The van der Waals surface area contributed by atoms with E-state index in [1.54, 1.807) is 23.6 Å². The molecule has 0 spiro atoms. The van der Waals surface area contributed by atoms with E-state index in [0.29, 0.717) is 6.42 Å². The Hall–Kier alpha value is -1.20. The molecule has 1 heterocycles. The maximum absolute atomic E-state index is 11.8. The fraction of sp³-hybridized carbons (Fsp3) is 0.538. The molecule has 18 heavy (non-hydrogen) atoms. The molecular formula is C13H20N2O2S. The van der Waals surface area contributed by atoms with E-state index < -0.39 is 0 Å². The summed E-state index contributed by atoms with van der Waals surface area (Å²) in [5.74, 6) is -0.140. The summed E-state index contributed by atoms with van der Waals surface area (Å²) in [5, 5.41) is 12.9. The van der Waals surface area contributed by atoms with Crippen molar-refractivity contribution in [1.82, 2.24) is 10.3 Å². The van der Waals surface area contributed by atoms with E-state index in [2.05, 4.69) is 10.3 Å². The number of aromatic nitrogens is 1. The van der Waals surface area contributed by atoms with Gasteiger partial charge in [0.15, 0.2) is 0 Å². The monoisotopic (exact) mass is 268 g/mol. The van der Waals surface area contributed by atoms with E-state index in [-0.39, 0.29) is 18.1 Å². The average Bonchev–Trinajstić information content (AvgIpc) is 2.73. The summed E-state index contributed by atoms with van der Waals surface area (Å²) in [7, 11) is 0. The van der Waals surface area contributed by atoms with Crippen LogP contribution in [0.25, 0.3) is 6.08 Å². The molecule has 4 nitrogen and oxygen atoms in total. The quantitative estimate of drug-likeness (QED) is 0.777. The summed E-state index contributed by atoms with van der Waals surface area (Å²) in [6.45, 7) is 5.93. The number of aryl methyl sites for hydroxylation is 1. The smallest absolute Gasteiger partial charge is 0.244 e. The average molecular weight is 268 g/mol. The third kappa shape index (κ3) is 4.58. The minimum absolute atomic E-state index is 0.0718. The summed E-state index contributed by atoms with van der Waals surface area (Å²) >= 11 is 1.55. The van der Waals surface area contributed by atoms with E-state index in [4.69, 9.17) is 5.11 Å². The number of nitrogens with zero attached hydrogens (tertiary/aromatic N) is 1. The Balaban J connectivity index is 2.58. The lowest BCUT2D eigenvalue weighted by atomic mass is 9.95. The number of hydrogen-bond acceptors (Lipinski definition) is 4. The minimum atomic E-state index is -0.347. The van der Waals surface area contributed by atoms with E-state index >= 15 is 0 Å². The fourth-order valence-electron chi connectivity index (χ4n) is 1.53. The van der Waals surface area contributed by atoms with Crippen LogP contribution in [0.5, 0.6) is 0 Å². The lowest BCUT2D eigenvalue weighted by molar-refractivity contribution is -0.118. The lowest BCUT2D eigenvalue weighted by Crippen LogP contribution is -2.45. The van der Waals surface area contributed by atoms with Gasteiger partial charge in [-0.1, -0.05) is 6.92 Å². The highest BCUT2D eigenvalue weighted by Gasteiger charge is 2.22. The Bertz CT molecular complexity index is 428. The number of rotatable bonds is 6. The molecule has 0 aliphatic carbocycles. The molecule has 0 saturated carbocycles. The van der Waals surface area contributed by atoms with Crippen molar-refractivity contribution in [2.45, 2.75) is 39.2 Å². The molecule has 100 valence electrons. The second-order valence-electron chi connectivity index (χ2n) is 4.49. The van der Waals surface area contributed by atoms with Crippen molar-refractivity contribution in [1.29, 1.82) is 0 Å². The van der Waals surface area contributed by atoms with Crippen LogP contribution in [0.3, 0.4) is 0 Å². The van der Waals surface area contributed by atoms with Crippen LogP contribution in [0.4, 0.5) is 0 Å². The van der Waals surface area contributed by atoms with Gasteiger partial charge >= 0.3 is 0 Å². The van der Waals surface area contributed by atoms with Gasteiger partial charge in [-0.05, 0) is 32.8 Å². The van der Waals surface area contributed by atoms with Crippen LogP contribution in [-0.2, 0) is 4.79 Å². The summed E-state index contributed by atoms with van der Waals surface area (Å²) < 4.78 is 0. The van der Waals surface area contributed by atoms with Crippen LogP contribution in [0, 0.1) is 6.92 Å². The van der Waals surface area contributed by atoms with Crippen molar-refractivity contribution in [3.8, 4) is 0 Å². The van der Waals surface area contributed by atoms with Crippen molar-refractivity contribution < 1.29 is 9.90 Å². The maximum Gasteiger partial charge on any atom is 0.244 e. The number of carbonyl (C=O) groups is 1. The van der Waals surface area contributed by atoms with Crippen molar-refractivity contribution in [2.75, 3.05) is 6.61 Å². The van der Waals surface area contributed by atoms with E-state index in [9.17, 15) is 4.79 Å². The zero-order chi connectivity index (χ0) is 13.6. The topological polar surface area (TPSA) is 62.2 Å². The first-order valence-electron chi connectivity index (χ1n) is 6.02. The van der Waals surface area contributed by atoms with Gasteiger partial charge in [-0.2, -0.15) is 0 Å². The number of carbonyl (C=O) groups excluding carboxylic acids is 1. The van der Waals surface area contributed by atoms with Gasteiger partial charge in [-0.15, -0.1) is 11.3 Å². The zero-order valence-electron chi connectivity index (χ0n) is 11.1. The molecule has 0 saturated heterocycles. The fourth-order valence-corrected chi connectivity index (χ4v) is 2.21. The number of aliphatic hydroxyl groups excluding tert-OH is 1. The summed E-state index contributed by atoms with van der Waals surface area (Å²) in [4.78, 5) is 16.9. The van der Waals surface area contributed by atoms with Gasteiger partial charge < -0.3 is 10.4 Å². The highest BCUT2D eigenvalue weighted by atomic mass is 32.1. The molecule has 2 N–H and O–H groups in total. The summed E-state index contributed by atoms with van der Waals surface area (Å²) in [6.07, 6.45) is 6.36. The third-order valence-corrected chi connectivity index (χ3v) is 3.79. The molecule has 0 aliphatic heterocycles. The highest BCUT2D eigenvalue weighted by molar-refractivity contribution is 7.12. The lowest BCUT2D eigenvalue weighted by Gasteiger charge is -2.28. The summed E-state index contributed by atoms with van der Waals surface area (Å²) in [5.41, 5.74) is -0.347. The van der Waals surface area contributed by atoms with Crippen LogP contribution in [0.1, 0.15) is 36.6 Å². The van der Waals surface area contributed by atoms with Crippen LogP contribution in [-0.4, -0.2) is 28.1 Å². The van der Waals surface area contributed by atoms with Gasteiger partial charge in [-0.25, -0.2) is 4.98 Å². The molecule has 0 radical (unpaired) electrons. The predicted molar refractivity (Wildman–Crippen MR) is 74.4 cm³/mol. The molecular weight excluding hydrogens is 248 g/mol. The number of nitrogens with one attached hydrogen (secondary N) is 1. The van der Waals surface area contributed by atoms with Gasteiger partial charge in [0.25, 0.3) is 0 Å². The van der Waals surface area contributed by atoms with Crippen molar-refractivity contribution in [3.05, 3.63) is 22.2 Å². The predicted octanol–water partition coefficient (Wildman–Crippen LogP) is 2.13. The van der Waals surface area contributed by atoms with E-state index in [1.807, 2.05) is 20.8 Å². The summed E-state index contributed by atoms with van der Waals surface area (Å²) in [6, 6.07) is 0. The molecule has 1 aromatic heterocycles. The molecule has 1 amide bonds. The third-order valence-electron chi connectivity index (χ3n) is 2.91. The Morgan fingerprint density at radius 1 is 1.67 bits per heavy atom. The first-order chi connectivity index (χ1) is 8.49. The Kier molecular flexibility index (Phi) is 5.50. The zero-order valence-corrected chi connectivity index (χ0v) is 11.9. The number of thiazole rings is 1. The second-order valence-corrected chi connectivity index (χ2v) is 5.76. The molecule has 0 aliphatic rings. The van der Waals surface area contributed by atoms with Gasteiger partial charge in [0.05, 0.1) is 5.01 Å². The highest BCUT2D eigenvalue weighted by Crippen LogP contribution is 2.15. The van der Waals surface area contributed by atoms with E-state index in [1.165, 1.54) is 6.08 Å². The number of hydrogen-bond donors (Lipinski definition) is 2. The standard InChI is InChI=1S/C13H20N2O2S/c1-4-13(3,7-8-16)15-12(17)6-5-11-9-14-10(2)18-11/h5-6,9,16H,4,7-8H2,1-3H3,(H,15,17)/b6-5+. The Morgan fingerprint density at radius 2 is 2.39 bits per heavy atom.